The molecule has 3 fully saturated rings. The molecule has 1 aromatic carbocycles. The van der Waals surface area contributed by atoms with E-state index in [4.69, 9.17) is 0 Å². The number of benzene rings is 1. The highest BCUT2D eigenvalue weighted by Gasteiger charge is 2.31. The lowest BCUT2D eigenvalue weighted by Gasteiger charge is -2.36. The van der Waals surface area contributed by atoms with Crippen LogP contribution in [-0.4, -0.2) is 74.6 Å². The lowest BCUT2D eigenvalue weighted by Crippen LogP contribution is -2.47. The van der Waals surface area contributed by atoms with Gasteiger partial charge in [0.15, 0.2) is 0 Å². The molecule has 3 saturated heterocycles. The quantitative estimate of drug-likeness (QED) is 0.880. The van der Waals surface area contributed by atoms with Crippen molar-refractivity contribution in [2.24, 2.45) is 11.8 Å². The molecule has 0 saturated carbocycles. The minimum absolute atomic E-state index is 0.365. The number of hydrogen-bond acceptors (Lipinski definition) is 4. The molecule has 3 aliphatic heterocycles. The second kappa shape index (κ2) is 8.61. The lowest BCUT2D eigenvalue weighted by atomic mass is 9.92. The molecule has 5 heteroatoms. The molecule has 3 heterocycles. The number of anilines is 1. The van der Waals surface area contributed by atoms with Gasteiger partial charge in [-0.05, 0) is 62.4 Å². The van der Waals surface area contributed by atoms with Crippen LogP contribution >= 0.6 is 0 Å². The zero-order chi connectivity index (χ0) is 18.6. The fourth-order valence-corrected chi connectivity index (χ4v) is 4.93. The van der Waals surface area contributed by atoms with Crippen molar-refractivity contribution < 1.29 is 4.79 Å². The summed E-state index contributed by atoms with van der Waals surface area (Å²) in [5, 5.41) is 3.51. The van der Waals surface area contributed by atoms with Gasteiger partial charge in [0.25, 0.3) is 0 Å². The monoisotopic (exact) mass is 370 g/mol. The first-order valence-electron chi connectivity index (χ1n) is 10.7. The molecule has 5 nitrogen and oxygen atoms in total. The smallest absolute Gasteiger partial charge is 0.223 e. The molecule has 0 unspecified atom stereocenters. The largest absolute Gasteiger partial charge is 0.369 e. The summed E-state index contributed by atoms with van der Waals surface area (Å²) in [6.07, 6.45) is 3.04. The van der Waals surface area contributed by atoms with E-state index < -0.39 is 0 Å². The van der Waals surface area contributed by atoms with E-state index in [1.807, 2.05) is 0 Å². The third-order valence-corrected chi connectivity index (χ3v) is 6.75. The molecular weight excluding hydrogens is 336 g/mol. The molecule has 148 valence electrons. The number of carbonyl (C=O) groups is 1. The molecular formula is C22H34N4O. The summed E-state index contributed by atoms with van der Waals surface area (Å²) in [5.41, 5.74) is 2.65. The van der Waals surface area contributed by atoms with Crippen LogP contribution in [0.25, 0.3) is 0 Å². The van der Waals surface area contributed by atoms with Crippen LogP contribution in [0.1, 0.15) is 24.8 Å². The Bertz CT molecular complexity index is 627. The van der Waals surface area contributed by atoms with Gasteiger partial charge in [0.2, 0.25) is 5.91 Å². The Morgan fingerprint density at radius 2 is 1.74 bits per heavy atom. The van der Waals surface area contributed by atoms with E-state index >= 15 is 0 Å². The van der Waals surface area contributed by atoms with Crippen LogP contribution in [0.15, 0.2) is 24.3 Å². The maximum Gasteiger partial charge on any atom is 0.223 e. The van der Waals surface area contributed by atoms with E-state index in [1.54, 1.807) is 0 Å². The summed E-state index contributed by atoms with van der Waals surface area (Å²) in [6, 6.07) is 8.76. The predicted octanol–water partition coefficient (Wildman–Crippen LogP) is 1.97. The van der Waals surface area contributed by atoms with Crippen molar-refractivity contribution in [1.29, 1.82) is 0 Å². The second-order valence-corrected chi connectivity index (χ2v) is 8.55. The number of aryl methyl sites for hydroxylation is 1. The normalized spacial score (nSPS) is 26.7. The first kappa shape index (κ1) is 18.8. The summed E-state index contributed by atoms with van der Waals surface area (Å²) >= 11 is 0. The van der Waals surface area contributed by atoms with Crippen molar-refractivity contribution in [3.05, 3.63) is 29.8 Å². The van der Waals surface area contributed by atoms with Crippen molar-refractivity contribution >= 4 is 11.6 Å². The second-order valence-electron chi connectivity index (χ2n) is 8.55. The fraction of sp³-hybridized carbons (Fsp3) is 0.682. The summed E-state index contributed by atoms with van der Waals surface area (Å²) in [6.45, 7) is 11.5. The van der Waals surface area contributed by atoms with E-state index in [0.29, 0.717) is 12.3 Å². The Kier molecular flexibility index (Phi) is 5.98. The van der Waals surface area contributed by atoms with Crippen molar-refractivity contribution in [2.75, 3.05) is 63.8 Å². The molecule has 27 heavy (non-hydrogen) atoms. The van der Waals surface area contributed by atoms with Gasteiger partial charge < -0.3 is 15.1 Å². The molecule has 0 spiro atoms. The Morgan fingerprint density at radius 3 is 2.41 bits per heavy atom. The van der Waals surface area contributed by atoms with Crippen LogP contribution in [0.5, 0.6) is 0 Å². The zero-order valence-electron chi connectivity index (χ0n) is 16.7. The van der Waals surface area contributed by atoms with Crippen molar-refractivity contribution in [1.82, 2.24) is 15.1 Å². The number of fused-ring (bicyclic) bond motifs is 1. The number of amides is 1. The standard InChI is InChI=1S/C22H34N4O/c1-18-3-2-4-21(15-18)25-13-11-24(12-14-25)8-7-22(27)26-9-5-19-16-23-17-20(19)6-10-26/h2-4,15,19-20,23H,5-14,16-17H2,1H3/t19-,20+. The molecule has 4 rings (SSSR count). The summed E-state index contributed by atoms with van der Waals surface area (Å²) in [5.74, 6) is 1.94. The highest BCUT2D eigenvalue weighted by atomic mass is 16.2. The average molecular weight is 371 g/mol. The average Bonchev–Trinajstić information content (AvgIpc) is 3.05. The Hall–Kier alpha value is -1.59. The van der Waals surface area contributed by atoms with E-state index in [-0.39, 0.29) is 0 Å². The van der Waals surface area contributed by atoms with Crippen molar-refractivity contribution in [2.45, 2.75) is 26.2 Å². The van der Waals surface area contributed by atoms with E-state index in [0.717, 1.165) is 70.7 Å². The van der Waals surface area contributed by atoms with E-state index in [2.05, 4.69) is 51.2 Å². The van der Waals surface area contributed by atoms with Crippen LogP contribution in [0.4, 0.5) is 5.69 Å². The summed E-state index contributed by atoms with van der Waals surface area (Å²) < 4.78 is 0. The van der Waals surface area contributed by atoms with Gasteiger partial charge in [0.05, 0.1) is 0 Å². The lowest BCUT2D eigenvalue weighted by molar-refractivity contribution is -0.131. The van der Waals surface area contributed by atoms with Gasteiger partial charge >= 0.3 is 0 Å². The highest BCUT2D eigenvalue weighted by molar-refractivity contribution is 5.76. The molecule has 0 aliphatic carbocycles. The first-order chi connectivity index (χ1) is 13.2. The molecule has 3 aliphatic rings. The Labute approximate surface area is 163 Å². The van der Waals surface area contributed by atoms with Gasteiger partial charge in [-0.1, -0.05) is 12.1 Å². The molecule has 2 atom stereocenters. The number of likely N-dealkylation sites (tertiary alicyclic amines) is 1. The topological polar surface area (TPSA) is 38.8 Å². The molecule has 1 amide bonds. The number of rotatable bonds is 4. The van der Waals surface area contributed by atoms with Crippen LogP contribution < -0.4 is 10.2 Å². The van der Waals surface area contributed by atoms with Gasteiger partial charge in [-0.2, -0.15) is 0 Å². The van der Waals surface area contributed by atoms with Crippen LogP contribution in [0, 0.1) is 18.8 Å². The third-order valence-electron chi connectivity index (χ3n) is 6.75. The minimum atomic E-state index is 0.365. The van der Waals surface area contributed by atoms with Crippen LogP contribution in [-0.2, 0) is 4.79 Å². The number of piperazine rings is 1. The van der Waals surface area contributed by atoms with Crippen molar-refractivity contribution in [3.63, 3.8) is 0 Å². The Morgan fingerprint density at radius 1 is 1.04 bits per heavy atom. The molecule has 0 bridgehead atoms. The van der Waals surface area contributed by atoms with Gasteiger partial charge in [-0.3, -0.25) is 9.69 Å². The van der Waals surface area contributed by atoms with Crippen LogP contribution in [0.2, 0.25) is 0 Å². The van der Waals surface area contributed by atoms with Crippen molar-refractivity contribution in [3.8, 4) is 0 Å². The predicted molar refractivity (Wildman–Crippen MR) is 110 cm³/mol. The SMILES string of the molecule is Cc1cccc(N2CCN(CCC(=O)N3CC[C@@H]4CNC[C@@H]4CC3)CC2)c1. The fourth-order valence-electron chi connectivity index (χ4n) is 4.93. The van der Waals surface area contributed by atoms with E-state index in [9.17, 15) is 4.79 Å². The highest BCUT2D eigenvalue weighted by Crippen LogP contribution is 2.27. The third kappa shape index (κ3) is 4.64. The first-order valence-corrected chi connectivity index (χ1v) is 10.7. The zero-order valence-corrected chi connectivity index (χ0v) is 16.7. The maximum atomic E-state index is 12.7. The van der Waals surface area contributed by atoms with Gasteiger partial charge in [-0.25, -0.2) is 0 Å². The number of carbonyl (C=O) groups excluding carboxylic acids is 1. The summed E-state index contributed by atoms with van der Waals surface area (Å²) in [7, 11) is 0. The Balaban J connectivity index is 1.20. The van der Waals surface area contributed by atoms with E-state index in [1.165, 1.54) is 24.1 Å². The van der Waals surface area contributed by atoms with Crippen LogP contribution in [0.3, 0.4) is 0 Å². The molecule has 0 aromatic heterocycles. The minimum Gasteiger partial charge on any atom is -0.369 e. The number of hydrogen-bond donors (Lipinski definition) is 1. The molecule has 0 radical (unpaired) electrons. The number of nitrogens with zero attached hydrogens (tertiary/aromatic N) is 3. The number of nitrogens with one attached hydrogen (secondary N) is 1. The van der Waals surface area contributed by atoms with Gasteiger partial charge in [0, 0.05) is 57.9 Å². The van der Waals surface area contributed by atoms with Gasteiger partial charge in [-0.15, -0.1) is 0 Å². The molecule has 1 N–H and O–H groups in total. The maximum absolute atomic E-state index is 12.7. The molecule has 1 aromatic rings. The summed E-state index contributed by atoms with van der Waals surface area (Å²) in [4.78, 5) is 19.8. The van der Waals surface area contributed by atoms with Gasteiger partial charge in [0.1, 0.15) is 0 Å².